The van der Waals surface area contributed by atoms with E-state index in [1.54, 1.807) is 0 Å². The zero-order valence-electron chi connectivity index (χ0n) is 11.6. The van der Waals surface area contributed by atoms with Gasteiger partial charge < -0.3 is 5.32 Å². The van der Waals surface area contributed by atoms with Gasteiger partial charge in [-0.3, -0.25) is 4.90 Å². The average molecular weight is 224 g/mol. The lowest BCUT2D eigenvalue weighted by Gasteiger charge is -2.55. The Morgan fingerprint density at radius 2 is 1.88 bits per heavy atom. The third kappa shape index (κ3) is 2.14. The maximum atomic E-state index is 3.72. The molecule has 2 unspecified atom stereocenters. The van der Waals surface area contributed by atoms with Crippen molar-refractivity contribution in [3.8, 4) is 0 Å². The van der Waals surface area contributed by atoms with Crippen molar-refractivity contribution >= 4 is 0 Å². The zero-order valence-corrected chi connectivity index (χ0v) is 11.6. The van der Waals surface area contributed by atoms with Crippen LogP contribution in [0.5, 0.6) is 0 Å². The van der Waals surface area contributed by atoms with Crippen molar-refractivity contribution in [3.63, 3.8) is 0 Å². The fourth-order valence-electron chi connectivity index (χ4n) is 3.17. The van der Waals surface area contributed by atoms with Gasteiger partial charge in [-0.05, 0) is 38.5 Å². The summed E-state index contributed by atoms with van der Waals surface area (Å²) < 4.78 is 0. The highest BCUT2D eigenvalue weighted by atomic mass is 15.3. The van der Waals surface area contributed by atoms with Gasteiger partial charge in [-0.1, -0.05) is 20.8 Å². The minimum absolute atomic E-state index is 0.374. The first-order valence-electron chi connectivity index (χ1n) is 6.83. The SMILES string of the molecule is CC1CNC(C(C)(C)C)CN1C1(C)CCC1. The molecule has 1 saturated carbocycles. The van der Waals surface area contributed by atoms with E-state index in [1.165, 1.54) is 25.8 Å². The Kier molecular flexibility index (Phi) is 3.09. The van der Waals surface area contributed by atoms with E-state index in [2.05, 4.69) is 44.8 Å². The Morgan fingerprint density at radius 3 is 2.31 bits per heavy atom. The smallest absolute Gasteiger partial charge is 0.0244 e. The molecule has 0 amide bonds. The van der Waals surface area contributed by atoms with Gasteiger partial charge in [-0.15, -0.1) is 0 Å². The van der Waals surface area contributed by atoms with Crippen LogP contribution in [0, 0.1) is 5.41 Å². The summed E-state index contributed by atoms with van der Waals surface area (Å²) >= 11 is 0. The molecule has 2 aliphatic rings. The van der Waals surface area contributed by atoms with E-state index in [1.807, 2.05) is 0 Å². The van der Waals surface area contributed by atoms with Crippen molar-refractivity contribution in [2.24, 2.45) is 5.41 Å². The van der Waals surface area contributed by atoms with Crippen LogP contribution >= 0.6 is 0 Å². The van der Waals surface area contributed by atoms with Crippen LogP contribution in [0.25, 0.3) is 0 Å². The third-order valence-corrected chi connectivity index (χ3v) is 4.74. The molecule has 2 atom stereocenters. The molecule has 0 aromatic heterocycles. The summed E-state index contributed by atoms with van der Waals surface area (Å²) in [6.45, 7) is 14.2. The Labute approximate surface area is 101 Å². The fourth-order valence-corrected chi connectivity index (χ4v) is 3.17. The van der Waals surface area contributed by atoms with Crippen molar-refractivity contribution in [2.45, 2.75) is 71.5 Å². The number of rotatable bonds is 1. The molecule has 94 valence electrons. The first kappa shape index (κ1) is 12.4. The molecule has 1 N–H and O–H groups in total. The molecule has 0 aromatic carbocycles. The topological polar surface area (TPSA) is 15.3 Å². The molecule has 2 nitrogen and oxygen atoms in total. The molecule has 0 spiro atoms. The lowest BCUT2D eigenvalue weighted by atomic mass is 9.74. The molecule has 2 rings (SSSR count). The number of piperazine rings is 1. The van der Waals surface area contributed by atoms with Crippen LogP contribution in [0.2, 0.25) is 0 Å². The summed E-state index contributed by atoms with van der Waals surface area (Å²) in [5.41, 5.74) is 0.878. The Hall–Kier alpha value is -0.0800. The summed E-state index contributed by atoms with van der Waals surface area (Å²) in [6, 6.07) is 1.34. The second-order valence-corrected chi connectivity index (χ2v) is 7.18. The minimum atomic E-state index is 0.374. The van der Waals surface area contributed by atoms with Crippen LogP contribution in [-0.2, 0) is 0 Å². The Balaban J connectivity index is 2.06. The maximum Gasteiger partial charge on any atom is 0.0244 e. The van der Waals surface area contributed by atoms with Gasteiger partial charge in [0.05, 0.1) is 0 Å². The Bertz CT molecular complexity index is 250. The van der Waals surface area contributed by atoms with Gasteiger partial charge in [0.2, 0.25) is 0 Å². The fraction of sp³-hybridized carbons (Fsp3) is 1.00. The number of nitrogens with zero attached hydrogens (tertiary/aromatic N) is 1. The predicted molar refractivity (Wildman–Crippen MR) is 69.7 cm³/mol. The molecule has 2 heteroatoms. The van der Waals surface area contributed by atoms with Crippen molar-refractivity contribution in [1.29, 1.82) is 0 Å². The minimum Gasteiger partial charge on any atom is -0.311 e. The molecule has 2 fully saturated rings. The normalized spacial score (nSPS) is 35.8. The Morgan fingerprint density at radius 1 is 1.25 bits per heavy atom. The molecule has 0 radical (unpaired) electrons. The highest BCUT2D eigenvalue weighted by molar-refractivity contribution is 5.01. The van der Waals surface area contributed by atoms with E-state index in [0.717, 1.165) is 6.54 Å². The number of nitrogens with one attached hydrogen (secondary N) is 1. The molecule has 0 aromatic rings. The lowest BCUT2D eigenvalue weighted by molar-refractivity contribution is -0.0361. The van der Waals surface area contributed by atoms with Gasteiger partial charge in [-0.2, -0.15) is 0 Å². The van der Waals surface area contributed by atoms with E-state index in [9.17, 15) is 0 Å². The summed E-state index contributed by atoms with van der Waals surface area (Å²) in [4.78, 5) is 2.77. The van der Waals surface area contributed by atoms with Crippen molar-refractivity contribution in [1.82, 2.24) is 10.2 Å². The van der Waals surface area contributed by atoms with Gasteiger partial charge >= 0.3 is 0 Å². The van der Waals surface area contributed by atoms with E-state index in [4.69, 9.17) is 0 Å². The summed E-state index contributed by atoms with van der Waals surface area (Å²) in [5.74, 6) is 0. The summed E-state index contributed by atoms with van der Waals surface area (Å²) in [7, 11) is 0. The van der Waals surface area contributed by atoms with Gasteiger partial charge in [0.25, 0.3) is 0 Å². The molecule has 1 saturated heterocycles. The van der Waals surface area contributed by atoms with Gasteiger partial charge in [0, 0.05) is 30.7 Å². The molecule has 1 aliphatic carbocycles. The monoisotopic (exact) mass is 224 g/mol. The van der Waals surface area contributed by atoms with Crippen LogP contribution in [0.1, 0.15) is 53.9 Å². The zero-order chi connectivity index (χ0) is 12.0. The third-order valence-electron chi connectivity index (χ3n) is 4.74. The van der Waals surface area contributed by atoms with Crippen LogP contribution in [0.15, 0.2) is 0 Å². The second kappa shape index (κ2) is 3.99. The first-order chi connectivity index (χ1) is 7.33. The van der Waals surface area contributed by atoms with E-state index in [0.29, 0.717) is 23.0 Å². The number of hydrogen-bond donors (Lipinski definition) is 1. The first-order valence-corrected chi connectivity index (χ1v) is 6.83. The van der Waals surface area contributed by atoms with Gasteiger partial charge in [-0.25, -0.2) is 0 Å². The molecule has 1 heterocycles. The van der Waals surface area contributed by atoms with Crippen molar-refractivity contribution in [2.75, 3.05) is 13.1 Å². The lowest BCUT2D eigenvalue weighted by Crippen LogP contribution is -2.66. The van der Waals surface area contributed by atoms with Gasteiger partial charge in [0.15, 0.2) is 0 Å². The average Bonchev–Trinajstić information content (AvgIpc) is 2.13. The number of hydrogen-bond acceptors (Lipinski definition) is 2. The maximum absolute atomic E-state index is 3.72. The predicted octanol–water partition coefficient (Wildman–Crippen LogP) is 2.64. The van der Waals surface area contributed by atoms with Crippen molar-refractivity contribution < 1.29 is 0 Å². The van der Waals surface area contributed by atoms with Crippen LogP contribution < -0.4 is 5.32 Å². The second-order valence-electron chi connectivity index (χ2n) is 7.18. The van der Waals surface area contributed by atoms with Gasteiger partial charge in [0.1, 0.15) is 0 Å². The quantitative estimate of drug-likeness (QED) is 0.736. The molecule has 1 aliphatic heterocycles. The summed E-state index contributed by atoms with van der Waals surface area (Å²) in [5, 5.41) is 3.72. The highest BCUT2D eigenvalue weighted by Gasteiger charge is 2.44. The van der Waals surface area contributed by atoms with E-state index < -0.39 is 0 Å². The van der Waals surface area contributed by atoms with Crippen LogP contribution in [0.4, 0.5) is 0 Å². The van der Waals surface area contributed by atoms with Crippen LogP contribution in [-0.4, -0.2) is 35.6 Å². The van der Waals surface area contributed by atoms with E-state index >= 15 is 0 Å². The standard InChI is InChI=1S/C14H28N2/c1-11-9-15-12(13(2,3)4)10-16(11)14(5)7-6-8-14/h11-12,15H,6-10H2,1-5H3. The molecule has 16 heavy (non-hydrogen) atoms. The van der Waals surface area contributed by atoms with Crippen molar-refractivity contribution in [3.05, 3.63) is 0 Å². The summed E-state index contributed by atoms with van der Waals surface area (Å²) in [6.07, 6.45) is 4.22. The highest BCUT2D eigenvalue weighted by Crippen LogP contribution is 2.40. The van der Waals surface area contributed by atoms with Crippen LogP contribution in [0.3, 0.4) is 0 Å². The molecule has 0 bridgehead atoms. The largest absolute Gasteiger partial charge is 0.311 e. The van der Waals surface area contributed by atoms with E-state index in [-0.39, 0.29) is 0 Å². The molecular formula is C14H28N2. The molecular weight excluding hydrogens is 196 g/mol.